The van der Waals surface area contributed by atoms with Gasteiger partial charge in [-0.15, -0.1) is 11.3 Å². The number of carbonyl (C=O) groups excluding carboxylic acids is 1. The Morgan fingerprint density at radius 3 is 3.20 bits per heavy atom. The molecule has 2 aliphatic heterocycles. The first-order valence-corrected chi connectivity index (χ1v) is 7.82. The minimum atomic E-state index is 0.0613. The summed E-state index contributed by atoms with van der Waals surface area (Å²) in [4.78, 5) is 19.8. The van der Waals surface area contributed by atoms with E-state index >= 15 is 0 Å². The Morgan fingerprint density at radius 1 is 1.60 bits per heavy atom. The largest absolute Gasteiger partial charge is 0.347 e. The van der Waals surface area contributed by atoms with Crippen molar-refractivity contribution < 1.29 is 4.79 Å². The molecule has 1 amide bonds. The number of thiophene rings is 1. The fourth-order valence-corrected chi connectivity index (χ4v) is 4.38. The van der Waals surface area contributed by atoms with Gasteiger partial charge in [-0.1, -0.05) is 6.92 Å². The normalized spacial score (nSPS) is 31.9. The number of piperidine rings is 1. The zero-order valence-corrected chi connectivity index (χ0v) is 12.2. The van der Waals surface area contributed by atoms with E-state index in [0.717, 1.165) is 28.1 Å². The molecule has 2 fully saturated rings. The average molecular weight is 287 g/mol. The molecule has 2 saturated heterocycles. The molecule has 0 aliphatic carbocycles. The third-order valence-electron chi connectivity index (χ3n) is 4.71. The highest BCUT2D eigenvalue weighted by molar-refractivity contribution is 7.20. The third kappa shape index (κ3) is 1.84. The quantitative estimate of drug-likeness (QED) is 0.920. The van der Waals surface area contributed by atoms with Crippen molar-refractivity contribution in [3.05, 3.63) is 29.4 Å². The summed E-state index contributed by atoms with van der Waals surface area (Å²) < 4.78 is 1.12. The van der Waals surface area contributed by atoms with Crippen LogP contribution in [0.15, 0.2) is 24.5 Å². The SMILES string of the molecule is CC12CCN(CC1NC(=O)c1cc3cnccc3s1)C2. The van der Waals surface area contributed by atoms with Gasteiger partial charge in [0.05, 0.1) is 4.88 Å². The van der Waals surface area contributed by atoms with Gasteiger partial charge in [0.25, 0.3) is 5.91 Å². The molecule has 104 valence electrons. The van der Waals surface area contributed by atoms with Crippen molar-refractivity contribution in [1.82, 2.24) is 15.2 Å². The standard InChI is InChI=1S/C15H17N3OS/c1-15-3-5-18(9-15)8-13(15)17-14(19)12-6-10-7-16-4-2-11(10)20-12/h2,4,6-7,13H,3,5,8-9H2,1H3,(H,17,19). The Bertz CT molecular complexity index is 650. The summed E-state index contributed by atoms with van der Waals surface area (Å²) in [6, 6.07) is 4.19. The van der Waals surface area contributed by atoms with Crippen LogP contribution in [0.5, 0.6) is 0 Å². The number of fused-ring (bicyclic) bond motifs is 3. The summed E-state index contributed by atoms with van der Waals surface area (Å²) >= 11 is 1.54. The molecule has 3 unspecified atom stereocenters. The Labute approximate surface area is 121 Å². The van der Waals surface area contributed by atoms with E-state index in [0.29, 0.717) is 0 Å². The predicted molar refractivity (Wildman–Crippen MR) is 80.0 cm³/mol. The van der Waals surface area contributed by atoms with Crippen LogP contribution in [0.2, 0.25) is 0 Å². The molecule has 0 saturated carbocycles. The van der Waals surface area contributed by atoms with Crippen LogP contribution in [0, 0.1) is 5.41 Å². The average Bonchev–Trinajstić information content (AvgIpc) is 3.09. The summed E-state index contributed by atoms with van der Waals surface area (Å²) in [5, 5.41) is 4.28. The first kappa shape index (κ1) is 12.3. The molecule has 1 N–H and O–H groups in total. The van der Waals surface area contributed by atoms with Gasteiger partial charge in [-0.05, 0) is 25.1 Å². The Morgan fingerprint density at radius 2 is 2.50 bits per heavy atom. The first-order chi connectivity index (χ1) is 9.64. The molecule has 3 atom stereocenters. The zero-order chi connectivity index (χ0) is 13.7. The van der Waals surface area contributed by atoms with Crippen LogP contribution < -0.4 is 5.32 Å². The van der Waals surface area contributed by atoms with Gasteiger partial charge in [-0.2, -0.15) is 0 Å². The lowest BCUT2D eigenvalue weighted by Crippen LogP contribution is -2.47. The minimum absolute atomic E-state index is 0.0613. The molecule has 0 radical (unpaired) electrons. The predicted octanol–water partition coefficient (Wildman–Crippen LogP) is 2.12. The van der Waals surface area contributed by atoms with Crippen molar-refractivity contribution in [3.8, 4) is 0 Å². The van der Waals surface area contributed by atoms with E-state index in [2.05, 4.69) is 22.1 Å². The van der Waals surface area contributed by atoms with Crippen LogP contribution in [0.25, 0.3) is 10.1 Å². The number of aromatic nitrogens is 1. The second-order valence-electron chi connectivity index (χ2n) is 6.19. The molecule has 2 bridgehead atoms. The summed E-state index contributed by atoms with van der Waals surface area (Å²) in [6.45, 7) is 5.58. The molecule has 5 heteroatoms. The van der Waals surface area contributed by atoms with Gasteiger partial charge in [-0.25, -0.2) is 0 Å². The molecule has 4 heterocycles. The van der Waals surface area contributed by atoms with Gasteiger partial charge in [-0.3, -0.25) is 9.78 Å². The van der Waals surface area contributed by atoms with Crippen LogP contribution in [0.3, 0.4) is 0 Å². The second kappa shape index (κ2) is 4.27. The monoisotopic (exact) mass is 287 g/mol. The van der Waals surface area contributed by atoms with Crippen molar-refractivity contribution in [2.24, 2.45) is 5.41 Å². The highest BCUT2D eigenvalue weighted by Crippen LogP contribution is 2.40. The molecule has 4 rings (SSSR count). The number of nitrogens with zero attached hydrogens (tertiary/aromatic N) is 2. The number of nitrogens with one attached hydrogen (secondary N) is 1. The van der Waals surface area contributed by atoms with Gasteiger partial charge in [0.15, 0.2) is 0 Å². The minimum Gasteiger partial charge on any atom is -0.347 e. The lowest BCUT2D eigenvalue weighted by molar-refractivity contribution is 0.0907. The smallest absolute Gasteiger partial charge is 0.261 e. The van der Waals surface area contributed by atoms with E-state index in [1.807, 2.05) is 18.3 Å². The van der Waals surface area contributed by atoms with Gasteiger partial charge in [0, 0.05) is 47.0 Å². The number of carbonyl (C=O) groups is 1. The third-order valence-corrected chi connectivity index (χ3v) is 5.83. The Hall–Kier alpha value is -1.46. The maximum absolute atomic E-state index is 12.4. The highest BCUT2D eigenvalue weighted by atomic mass is 32.1. The van der Waals surface area contributed by atoms with Gasteiger partial charge in [0.2, 0.25) is 0 Å². The number of amides is 1. The fraction of sp³-hybridized carbons (Fsp3) is 0.467. The topological polar surface area (TPSA) is 45.2 Å². The van der Waals surface area contributed by atoms with Crippen molar-refractivity contribution in [2.45, 2.75) is 19.4 Å². The number of rotatable bonds is 2. The van der Waals surface area contributed by atoms with Crippen molar-refractivity contribution >= 4 is 27.3 Å². The maximum atomic E-state index is 12.4. The second-order valence-corrected chi connectivity index (χ2v) is 7.27. The highest BCUT2D eigenvalue weighted by Gasteiger charge is 2.48. The van der Waals surface area contributed by atoms with E-state index in [4.69, 9.17) is 0 Å². The van der Waals surface area contributed by atoms with Gasteiger partial charge < -0.3 is 10.2 Å². The summed E-state index contributed by atoms with van der Waals surface area (Å²) in [6.07, 6.45) is 4.77. The van der Waals surface area contributed by atoms with E-state index < -0.39 is 0 Å². The fourth-order valence-electron chi connectivity index (χ4n) is 3.45. The molecule has 2 aromatic rings. The lowest BCUT2D eigenvalue weighted by atomic mass is 9.82. The summed E-state index contributed by atoms with van der Waals surface area (Å²) in [5.41, 5.74) is 0.258. The lowest BCUT2D eigenvalue weighted by Gasteiger charge is -2.30. The molecule has 4 nitrogen and oxygen atoms in total. The molecule has 2 aromatic heterocycles. The van der Waals surface area contributed by atoms with Crippen molar-refractivity contribution in [1.29, 1.82) is 0 Å². The molecular weight excluding hydrogens is 270 g/mol. The van der Waals surface area contributed by atoms with Crippen LogP contribution in [0.1, 0.15) is 23.0 Å². The molecule has 0 spiro atoms. The zero-order valence-electron chi connectivity index (χ0n) is 11.4. The Balaban J connectivity index is 1.56. The summed E-state index contributed by atoms with van der Waals surface area (Å²) in [5.74, 6) is 0.0613. The van der Waals surface area contributed by atoms with E-state index in [1.54, 1.807) is 17.5 Å². The molecule has 20 heavy (non-hydrogen) atoms. The molecule has 0 aromatic carbocycles. The van der Waals surface area contributed by atoms with E-state index in [-0.39, 0.29) is 17.4 Å². The van der Waals surface area contributed by atoms with E-state index in [9.17, 15) is 4.79 Å². The first-order valence-electron chi connectivity index (χ1n) is 7.01. The van der Waals surface area contributed by atoms with Crippen LogP contribution >= 0.6 is 11.3 Å². The van der Waals surface area contributed by atoms with Gasteiger partial charge >= 0.3 is 0 Å². The number of pyridine rings is 1. The molecular formula is C15H17N3OS. The van der Waals surface area contributed by atoms with Crippen LogP contribution in [0.4, 0.5) is 0 Å². The number of hydrogen-bond donors (Lipinski definition) is 1. The Kier molecular flexibility index (Phi) is 2.62. The van der Waals surface area contributed by atoms with Crippen molar-refractivity contribution in [3.63, 3.8) is 0 Å². The van der Waals surface area contributed by atoms with E-state index in [1.165, 1.54) is 13.0 Å². The maximum Gasteiger partial charge on any atom is 0.261 e. The van der Waals surface area contributed by atoms with Crippen molar-refractivity contribution in [2.75, 3.05) is 19.6 Å². The number of hydrogen-bond acceptors (Lipinski definition) is 4. The van der Waals surface area contributed by atoms with Crippen LogP contribution in [-0.4, -0.2) is 41.5 Å². The van der Waals surface area contributed by atoms with Gasteiger partial charge in [0.1, 0.15) is 0 Å². The molecule has 2 aliphatic rings. The summed E-state index contributed by atoms with van der Waals surface area (Å²) in [7, 11) is 0. The van der Waals surface area contributed by atoms with Crippen LogP contribution in [-0.2, 0) is 0 Å².